The van der Waals surface area contributed by atoms with E-state index in [4.69, 9.17) is 14.2 Å². The van der Waals surface area contributed by atoms with Crippen molar-refractivity contribution in [3.8, 4) is 23.0 Å². The molecule has 0 aliphatic rings. The van der Waals surface area contributed by atoms with E-state index < -0.39 is 10.0 Å². The Morgan fingerprint density at radius 3 is 2.26 bits per heavy atom. The van der Waals surface area contributed by atoms with Crippen molar-refractivity contribution in [3.63, 3.8) is 0 Å². The van der Waals surface area contributed by atoms with Crippen LogP contribution in [0, 0.1) is 0 Å². The summed E-state index contributed by atoms with van der Waals surface area (Å²) in [4.78, 5) is 12.4. The SMILES string of the molecule is COc1ccc(CNC(=O)CCCN(c2ccccc2Oc2ccccc2)S(C)(=O)=O)cc1OC. The molecule has 0 heterocycles. The number of hydrogen-bond donors (Lipinski definition) is 1. The molecule has 1 N–H and O–H groups in total. The number of hydrogen-bond acceptors (Lipinski definition) is 6. The number of nitrogens with zero attached hydrogens (tertiary/aromatic N) is 1. The van der Waals surface area contributed by atoms with Gasteiger partial charge in [-0.25, -0.2) is 8.42 Å². The monoisotopic (exact) mass is 498 g/mol. The van der Waals surface area contributed by atoms with E-state index in [1.807, 2.05) is 24.3 Å². The highest BCUT2D eigenvalue weighted by Gasteiger charge is 2.21. The summed E-state index contributed by atoms with van der Waals surface area (Å²) >= 11 is 0. The van der Waals surface area contributed by atoms with Crippen LogP contribution in [0.15, 0.2) is 72.8 Å². The number of amides is 1. The molecule has 0 spiro atoms. The average molecular weight is 499 g/mol. The minimum atomic E-state index is -3.60. The summed E-state index contributed by atoms with van der Waals surface area (Å²) in [5.74, 6) is 2.03. The summed E-state index contributed by atoms with van der Waals surface area (Å²) in [6.45, 7) is 0.459. The summed E-state index contributed by atoms with van der Waals surface area (Å²) in [6, 6.07) is 21.5. The fraction of sp³-hybridized carbons (Fsp3) is 0.269. The fourth-order valence-electron chi connectivity index (χ4n) is 3.49. The number of nitrogens with one attached hydrogen (secondary N) is 1. The molecule has 0 aromatic heterocycles. The molecule has 0 atom stereocenters. The molecule has 0 aliphatic carbocycles. The normalized spacial score (nSPS) is 10.9. The molecule has 3 aromatic rings. The van der Waals surface area contributed by atoms with E-state index in [1.165, 1.54) is 4.31 Å². The lowest BCUT2D eigenvalue weighted by Crippen LogP contribution is -2.32. The van der Waals surface area contributed by atoms with Crippen LogP contribution in [0.2, 0.25) is 0 Å². The Hall–Kier alpha value is -3.72. The van der Waals surface area contributed by atoms with Crippen molar-refractivity contribution in [2.24, 2.45) is 0 Å². The predicted molar refractivity (Wildman–Crippen MR) is 136 cm³/mol. The average Bonchev–Trinajstić information content (AvgIpc) is 2.85. The van der Waals surface area contributed by atoms with Crippen LogP contribution in [0.1, 0.15) is 18.4 Å². The van der Waals surface area contributed by atoms with Crippen LogP contribution in [0.25, 0.3) is 0 Å². The van der Waals surface area contributed by atoms with Crippen molar-refractivity contribution < 1.29 is 27.4 Å². The zero-order valence-corrected chi connectivity index (χ0v) is 20.9. The van der Waals surface area contributed by atoms with Crippen molar-refractivity contribution in [3.05, 3.63) is 78.4 Å². The summed E-state index contributed by atoms with van der Waals surface area (Å²) in [6.07, 6.45) is 1.65. The summed E-state index contributed by atoms with van der Waals surface area (Å²) in [5, 5.41) is 2.86. The van der Waals surface area contributed by atoms with Gasteiger partial charge in [0, 0.05) is 19.5 Å². The lowest BCUT2D eigenvalue weighted by molar-refractivity contribution is -0.121. The molecule has 186 valence electrons. The Bertz CT molecular complexity index is 1230. The number of carbonyl (C=O) groups excluding carboxylic acids is 1. The van der Waals surface area contributed by atoms with E-state index in [9.17, 15) is 13.2 Å². The van der Waals surface area contributed by atoms with Crippen molar-refractivity contribution in [1.29, 1.82) is 0 Å². The molecule has 0 aliphatic heterocycles. The molecule has 9 heteroatoms. The Kier molecular flexibility index (Phi) is 8.97. The van der Waals surface area contributed by atoms with Gasteiger partial charge in [0.1, 0.15) is 5.75 Å². The van der Waals surface area contributed by atoms with E-state index >= 15 is 0 Å². The maximum absolute atomic E-state index is 12.6. The number of sulfonamides is 1. The third-order valence-electron chi connectivity index (χ3n) is 5.21. The number of rotatable bonds is 12. The van der Waals surface area contributed by atoms with Crippen molar-refractivity contribution in [2.45, 2.75) is 19.4 Å². The second-order valence-corrected chi connectivity index (χ2v) is 9.69. The number of benzene rings is 3. The first-order valence-corrected chi connectivity index (χ1v) is 12.9. The summed E-state index contributed by atoms with van der Waals surface area (Å²) < 4.78 is 42.9. The maximum Gasteiger partial charge on any atom is 0.232 e. The quantitative estimate of drug-likeness (QED) is 0.399. The third kappa shape index (κ3) is 7.38. The standard InChI is InChI=1S/C26H30N2O6S/c1-32-24-16-15-20(18-25(24)33-2)19-27-26(29)14-9-17-28(35(3,30)31)22-12-7-8-13-23(22)34-21-10-5-4-6-11-21/h4-8,10-13,15-16,18H,9,14,17,19H2,1-3H3,(H,27,29). The highest BCUT2D eigenvalue weighted by Crippen LogP contribution is 2.33. The molecule has 0 saturated carbocycles. The number of para-hydroxylation sites is 3. The van der Waals surface area contributed by atoms with Gasteiger partial charge in [-0.3, -0.25) is 9.10 Å². The van der Waals surface area contributed by atoms with Gasteiger partial charge < -0.3 is 19.5 Å². The number of methoxy groups -OCH3 is 2. The van der Waals surface area contributed by atoms with E-state index in [0.29, 0.717) is 41.7 Å². The van der Waals surface area contributed by atoms with Crippen molar-refractivity contribution in [2.75, 3.05) is 31.3 Å². The highest BCUT2D eigenvalue weighted by atomic mass is 32.2. The predicted octanol–water partition coefficient (Wildman–Crippen LogP) is 4.36. The van der Waals surface area contributed by atoms with Gasteiger partial charge in [0.2, 0.25) is 15.9 Å². The smallest absolute Gasteiger partial charge is 0.232 e. The first-order valence-electron chi connectivity index (χ1n) is 11.1. The Morgan fingerprint density at radius 1 is 0.886 bits per heavy atom. The van der Waals surface area contributed by atoms with Gasteiger partial charge in [0.25, 0.3) is 0 Å². The number of carbonyl (C=O) groups is 1. The van der Waals surface area contributed by atoms with E-state index in [1.54, 1.807) is 62.8 Å². The van der Waals surface area contributed by atoms with Gasteiger partial charge >= 0.3 is 0 Å². The van der Waals surface area contributed by atoms with Crippen molar-refractivity contribution in [1.82, 2.24) is 5.32 Å². The minimum Gasteiger partial charge on any atom is -0.493 e. The zero-order valence-electron chi connectivity index (χ0n) is 20.1. The molecule has 0 radical (unpaired) electrons. The third-order valence-corrected chi connectivity index (χ3v) is 6.39. The molecule has 35 heavy (non-hydrogen) atoms. The van der Waals surface area contributed by atoms with Gasteiger partial charge in [-0.05, 0) is 48.4 Å². The zero-order chi connectivity index (χ0) is 25.3. The van der Waals surface area contributed by atoms with E-state index in [0.717, 1.165) is 11.8 Å². The largest absolute Gasteiger partial charge is 0.493 e. The molecule has 0 bridgehead atoms. The van der Waals surface area contributed by atoms with Crippen LogP contribution in [-0.2, 0) is 21.4 Å². The first kappa shape index (κ1) is 25.9. The van der Waals surface area contributed by atoms with Gasteiger partial charge in [-0.1, -0.05) is 36.4 Å². The van der Waals surface area contributed by atoms with E-state index in [-0.39, 0.29) is 18.9 Å². The molecule has 8 nitrogen and oxygen atoms in total. The molecule has 3 aromatic carbocycles. The number of anilines is 1. The Labute approximate surface area is 206 Å². The van der Waals surface area contributed by atoms with Gasteiger partial charge in [0.05, 0.1) is 26.2 Å². The van der Waals surface area contributed by atoms with Crippen LogP contribution in [0.4, 0.5) is 5.69 Å². The Balaban J connectivity index is 1.61. The minimum absolute atomic E-state index is 0.137. The van der Waals surface area contributed by atoms with Crippen LogP contribution >= 0.6 is 0 Å². The summed E-state index contributed by atoms with van der Waals surface area (Å²) in [5.41, 5.74) is 1.28. The van der Waals surface area contributed by atoms with E-state index in [2.05, 4.69) is 5.32 Å². The molecule has 0 saturated heterocycles. The van der Waals surface area contributed by atoms with Gasteiger partial charge in [-0.2, -0.15) is 0 Å². The highest BCUT2D eigenvalue weighted by molar-refractivity contribution is 7.92. The topological polar surface area (TPSA) is 94.2 Å². The number of ether oxygens (including phenoxy) is 3. The van der Waals surface area contributed by atoms with Crippen LogP contribution < -0.4 is 23.8 Å². The van der Waals surface area contributed by atoms with Crippen LogP contribution in [-0.4, -0.2) is 41.3 Å². The second kappa shape index (κ2) is 12.1. The van der Waals surface area contributed by atoms with Crippen molar-refractivity contribution >= 4 is 21.6 Å². The second-order valence-electron chi connectivity index (χ2n) is 7.79. The molecule has 1 amide bonds. The molecule has 0 fully saturated rings. The lowest BCUT2D eigenvalue weighted by atomic mass is 10.2. The van der Waals surface area contributed by atoms with Gasteiger partial charge in [0.15, 0.2) is 17.2 Å². The first-order chi connectivity index (χ1) is 16.8. The maximum atomic E-state index is 12.6. The molecule has 0 unspecified atom stereocenters. The van der Waals surface area contributed by atoms with Crippen LogP contribution in [0.5, 0.6) is 23.0 Å². The molecular formula is C26H30N2O6S. The Morgan fingerprint density at radius 2 is 1.57 bits per heavy atom. The summed E-state index contributed by atoms with van der Waals surface area (Å²) in [7, 11) is -0.491. The fourth-order valence-corrected chi connectivity index (χ4v) is 4.46. The molecular weight excluding hydrogens is 468 g/mol. The molecule has 3 rings (SSSR count). The van der Waals surface area contributed by atoms with Gasteiger partial charge in [-0.15, -0.1) is 0 Å². The van der Waals surface area contributed by atoms with Crippen LogP contribution in [0.3, 0.4) is 0 Å². The lowest BCUT2D eigenvalue weighted by Gasteiger charge is -2.24.